The molecule has 1 N–H and O–H groups in total. The zero-order valence-corrected chi connectivity index (χ0v) is 8.26. The third kappa shape index (κ3) is 3.70. The second kappa shape index (κ2) is 4.02. The molecule has 1 unspecified atom stereocenters. The highest BCUT2D eigenvalue weighted by Gasteiger charge is 2.44. The van der Waals surface area contributed by atoms with E-state index in [-0.39, 0.29) is 31.1 Å². The van der Waals surface area contributed by atoms with Crippen LogP contribution in [-0.4, -0.2) is 31.0 Å². The van der Waals surface area contributed by atoms with Crippen LogP contribution in [0.4, 0.5) is 13.2 Å². The number of rotatable bonds is 0. The van der Waals surface area contributed by atoms with Gasteiger partial charge in [-0.05, 0) is 13.8 Å². The lowest BCUT2D eigenvalue weighted by Crippen LogP contribution is -2.57. The van der Waals surface area contributed by atoms with Crippen LogP contribution in [-0.2, 0) is 4.74 Å². The topological polar surface area (TPSA) is 21.3 Å². The van der Waals surface area contributed by atoms with Gasteiger partial charge in [0.05, 0.1) is 6.61 Å². The smallest absolute Gasteiger partial charge is 0.366 e. The maximum absolute atomic E-state index is 12.0. The maximum atomic E-state index is 12.0. The van der Waals surface area contributed by atoms with Crippen molar-refractivity contribution in [1.29, 1.82) is 0 Å². The van der Waals surface area contributed by atoms with Gasteiger partial charge in [0.2, 0.25) is 0 Å². The van der Waals surface area contributed by atoms with Gasteiger partial charge in [0.25, 0.3) is 0 Å². The van der Waals surface area contributed by atoms with E-state index in [9.17, 15) is 13.2 Å². The molecule has 1 saturated heterocycles. The first-order valence-electron chi connectivity index (χ1n) is 3.75. The molecule has 0 bridgehead atoms. The van der Waals surface area contributed by atoms with Gasteiger partial charge < -0.3 is 10.1 Å². The lowest BCUT2D eigenvalue weighted by molar-refractivity contribution is -0.233. The average molecular weight is 220 g/mol. The Balaban J connectivity index is 0.00000144. The average Bonchev–Trinajstić information content (AvgIpc) is 1.83. The summed E-state index contributed by atoms with van der Waals surface area (Å²) in [6.45, 7) is 3.55. The molecule has 6 heteroatoms. The second-order valence-corrected chi connectivity index (χ2v) is 3.61. The quantitative estimate of drug-likeness (QED) is 0.670. The molecule has 1 rings (SSSR count). The summed E-state index contributed by atoms with van der Waals surface area (Å²) in [5, 5.41) is 2.77. The zero-order valence-electron chi connectivity index (χ0n) is 7.44. The number of hydrogen-bond acceptors (Lipinski definition) is 2. The summed E-state index contributed by atoms with van der Waals surface area (Å²) in [6, 6.07) is 0. The van der Waals surface area contributed by atoms with E-state index in [2.05, 4.69) is 10.1 Å². The highest BCUT2D eigenvalue weighted by atomic mass is 35.5. The molecule has 13 heavy (non-hydrogen) atoms. The minimum absolute atomic E-state index is 0. The molecule has 0 aliphatic carbocycles. The van der Waals surface area contributed by atoms with Crippen molar-refractivity contribution in [3.8, 4) is 0 Å². The van der Waals surface area contributed by atoms with Crippen molar-refractivity contribution in [2.24, 2.45) is 0 Å². The van der Waals surface area contributed by atoms with Crippen LogP contribution in [0.1, 0.15) is 13.8 Å². The number of ether oxygens (including phenoxy) is 1. The summed E-state index contributed by atoms with van der Waals surface area (Å²) >= 11 is 0. The van der Waals surface area contributed by atoms with Gasteiger partial charge in [-0.1, -0.05) is 0 Å². The van der Waals surface area contributed by atoms with Gasteiger partial charge in [0, 0.05) is 12.1 Å². The fourth-order valence-electron chi connectivity index (χ4n) is 0.998. The van der Waals surface area contributed by atoms with E-state index in [4.69, 9.17) is 0 Å². The van der Waals surface area contributed by atoms with Crippen molar-refractivity contribution in [2.45, 2.75) is 31.7 Å². The highest BCUT2D eigenvalue weighted by molar-refractivity contribution is 5.85. The van der Waals surface area contributed by atoms with E-state index in [1.807, 2.05) is 0 Å². The fourth-order valence-corrected chi connectivity index (χ4v) is 0.998. The molecule has 0 aromatic heterocycles. The van der Waals surface area contributed by atoms with Crippen molar-refractivity contribution in [3.05, 3.63) is 0 Å². The standard InChI is InChI=1S/C7H12F3NO.ClH/c1-6(2)4-12-5(3-11-6)7(8,9)10;/h5,11H,3-4H2,1-2H3;1H. The number of nitrogens with one attached hydrogen (secondary N) is 1. The summed E-state index contributed by atoms with van der Waals surface area (Å²) in [5.74, 6) is 0. The molecule has 0 amide bonds. The Hall–Kier alpha value is 0. The lowest BCUT2D eigenvalue weighted by Gasteiger charge is -2.36. The van der Waals surface area contributed by atoms with Gasteiger partial charge in [0.15, 0.2) is 6.10 Å². The van der Waals surface area contributed by atoms with Gasteiger partial charge in [-0.15, -0.1) is 12.4 Å². The lowest BCUT2D eigenvalue weighted by atomic mass is 10.0. The minimum atomic E-state index is -4.25. The van der Waals surface area contributed by atoms with Crippen molar-refractivity contribution in [2.75, 3.05) is 13.2 Å². The van der Waals surface area contributed by atoms with Crippen molar-refractivity contribution >= 4 is 12.4 Å². The Morgan fingerprint density at radius 3 is 2.23 bits per heavy atom. The van der Waals surface area contributed by atoms with E-state index in [0.29, 0.717) is 0 Å². The van der Waals surface area contributed by atoms with Crippen LogP contribution in [0, 0.1) is 0 Å². The molecule has 80 valence electrons. The first-order chi connectivity index (χ1) is 5.31. The first-order valence-corrected chi connectivity index (χ1v) is 3.75. The summed E-state index contributed by atoms with van der Waals surface area (Å²) in [7, 11) is 0. The van der Waals surface area contributed by atoms with Gasteiger partial charge in [-0.25, -0.2) is 0 Å². The largest absolute Gasteiger partial charge is 0.415 e. The van der Waals surface area contributed by atoms with E-state index in [1.165, 1.54) is 0 Å². The van der Waals surface area contributed by atoms with E-state index >= 15 is 0 Å². The molecule has 0 spiro atoms. The summed E-state index contributed by atoms with van der Waals surface area (Å²) in [4.78, 5) is 0. The molecule has 1 atom stereocenters. The molecule has 1 aliphatic heterocycles. The van der Waals surface area contributed by atoms with Gasteiger partial charge >= 0.3 is 6.18 Å². The Kier molecular flexibility index (Phi) is 4.02. The molecule has 2 nitrogen and oxygen atoms in total. The Morgan fingerprint density at radius 1 is 1.38 bits per heavy atom. The summed E-state index contributed by atoms with van der Waals surface area (Å²) in [6.07, 6.45) is -5.89. The number of halogens is 4. The molecular formula is C7H13ClF3NO. The van der Waals surface area contributed by atoms with Gasteiger partial charge in [-0.2, -0.15) is 13.2 Å². The van der Waals surface area contributed by atoms with Gasteiger partial charge in [0.1, 0.15) is 0 Å². The first kappa shape index (κ1) is 13.0. The van der Waals surface area contributed by atoms with Crippen molar-refractivity contribution < 1.29 is 17.9 Å². The molecular weight excluding hydrogens is 207 g/mol. The zero-order chi connectivity index (χ0) is 9.41. The maximum Gasteiger partial charge on any atom is 0.415 e. The third-order valence-electron chi connectivity index (χ3n) is 1.78. The van der Waals surface area contributed by atoms with Crippen LogP contribution in [0.3, 0.4) is 0 Å². The molecule has 0 radical (unpaired) electrons. The molecule has 0 saturated carbocycles. The van der Waals surface area contributed by atoms with Gasteiger partial charge in [-0.3, -0.25) is 0 Å². The molecule has 1 aliphatic rings. The van der Waals surface area contributed by atoms with E-state index < -0.39 is 12.3 Å². The summed E-state index contributed by atoms with van der Waals surface area (Å²) < 4.78 is 40.8. The Bertz CT molecular complexity index is 162. The number of morpholine rings is 1. The predicted molar refractivity (Wildman–Crippen MR) is 45.1 cm³/mol. The highest BCUT2D eigenvalue weighted by Crippen LogP contribution is 2.26. The predicted octanol–water partition coefficient (Wildman–Crippen LogP) is 1.74. The molecule has 0 aromatic rings. The molecule has 1 fully saturated rings. The Labute approximate surface area is 81.2 Å². The van der Waals surface area contributed by atoms with Crippen LogP contribution >= 0.6 is 12.4 Å². The van der Waals surface area contributed by atoms with E-state index in [1.54, 1.807) is 13.8 Å². The van der Waals surface area contributed by atoms with E-state index in [0.717, 1.165) is 0 Å². The Morgan fingerprint density at radius 2 is 1.92 bits per heavy atom. The van der Waals surface area contributed by atoms with Crippen LogP contribution < -0.4 is 5.32 Å². The summed E-state index contributed by atoms with van der Waals surface area (Å²) in [5.41, 5.74) is -0.345. The fraction of sp³-hybridized carbons (Fsp3) is 1.00. The monoisotopic (exact) mass is 219 g/mol. The van der Waals surface area contributed by atoms with Crippen LogP contribution in [0.25, 0.3) is 0 Å². The molecule has 1 heterocycles. The number of alkyl halides is 3. The minimum Gasteiger partial charge on any atom is -0.366 e. The van der Waals surface area contributed by atoms with Crippen molar-refractivity contribution in [1.82, 2.24) is 5.32 Å². The molecule has 0 aromatic carbocycles. The van der Waals surface area contributed by atoms with Crippen LogP contribution in [0.5, 0.6) is 0 Å². The van der Waals surface area contributed by atoms with Crippen LogP contribution in [0.15, 0.2) is 0 Å². The third-order valence-corrected chi connectivity index (χ3v) is 1.78. The van der Waals surface area contributed by atoms with Crippen LogP contribution in [0.2, 0.25) is 0 Å². The van der Waals surface area contributed by atoms with Crippen molar-refractivity contribution in [3.63, 3.8) is 0 Å². The second-order valence-electron chi connectivity index (χ2n) is 3.61. The SMILES string of the molecule is CC1(C)COC(C(F)(F)F)CN1.Cl. The normalized spacial score (nSPS) is 27.9. The number of hydrogen-bond donors (Lipinski definition) is 1.